The number of aromatic nitrogens is 1. The maximum Gasteiger partial charge on any atom is 0.227 e. The van der Waals surface area contributed by atoms with Crippen LogP contribution >= 0.6 is 0 Å². The Morgan fingerprint density at radius 2 is 2.07 bits per heavy atom. The lowest BCUT2D eigenvalue weighted by Gasteiger charge is -2.36. The number of pyridine rings is 1. The molecule has 0 aromatic carbocycles. The number of aromatic hydroxyl groups is 1. The summed E-state index contributed by atoms with van der Waals surface area (Å²) in [5, 5.41) is 13.3. The Kier molecular flexibility index (Phi) is 5.94. The lowest BCUT2D eigenvalue weighted by atomic mass is 9.69. The zero-order chi connectivity index (χ0) is 19.3. The summed E-state index contributed by atoms with van der Waals surface area (Å²) in [6.07, 6.45) is 7.01. The van der Waals surface area contributed by atoms with Gasteiger partial charge in [0, 0.05) is 42.8 Å². The van der Waals surface area contributed by atoms with Crippen LogP contribution in [0.1, 0.15) is 55.7 Å². The van der Waals surface area contributed by atoms with Gasteiger partial charge in [-0.05, 0) is 31.9 Å². The Bertz CT molecular complexity index is 839. The van der Waals surface area contributed by atoms with E-state index >= 15 is 0 Å². The van der Waals surface area contributed by atoms with Crippen molar-refractivity contribution in [2.24, 2.45) is 0 Å². The van der Waals surface area contributed by atoms with Gasteiger partial charge in [0.1, 0.15) is 5.76 Å². The molecule has 27 heavy (non-hydrogen) atoms. The summed E-state index contributed by atoms with van der Waals surface area (Å²) in [4.78, 5) is 28.9. The maximum absolute atomic E-state index is 12.6. The van der Waals surface area contributed by atoms with E-state index in [0.717, 1.165) is 37.8 Å². The van der Waals surface area contributed by atoms with E-state index in [9.17, 15) is 14.7 Å². The van der Waals surface area contributed by atoms with Crippen molar-refractivity contribution in [2.45, 2.75) is 57.3 Å². The minimum Gasteiger partial charge on any atom is -0.502 e. The Morgan fingerprint density at radius 1 is 1.30 bits per heavy atom. The van der Waals surface area contributed by atoms with Gasteiger partial charge in [-0.2, -0.15) is 0 Å². The van der Waals surface area contributed by atoms with E-state index in [2.05, 4.69) is 10.3 Å². The molecule has 0 spiro atoms. The normalized spacial score (nSPS) is 16.0. The highest BCUT2D eigenvalue weighted by Crippen LogP contribution is 2.44. The van der Waals surface area contributed by atoms with Gasteiger partial charge in [-0.15, -0.1) is 0 Å². The number of hydrogen-bond donors (Lipinski definition) is 2. The molecule has 0 unspecified atom stereocenters. The van der Waals surface area contributed by atoms with Crippen LogP contribution < -0.4 is 10.7 Å². The van der Waals surface area contributed by atoms with Crippen molar-refractivity contribution in [1.29, 1.82) is 0 Å². The fourth-order valence-electron chi connectivity index (χ4n) is 3.92. The van der Waals surface area contributed by atoms with Gasteiger partial charge in [0.15, 0.2) is 5.76 Å². The highest BCUT2D eigenvalue weighted by atomic mass is 16.4. The van der Waals surface area contributed by atoms with Crippen molar-refractivity contribution in [2.75, 3.05) is 6.54 Å². The molecule has 3 rings (SSSR count). The third-order valence-electron chi connectivity index (χ3n) is 5.27. The maximum atomic E-state index is 12.6. The molecular formula is C21H26N2O4. The third-order valence-corrected chi connectivity index (χ3v) is 5.27. The first kappa shape index (κ1) is 19.1. The quantitative estimate of drug-likeness (QED) is 0.815. The second-order valence-corrected chi connectivity index (χ2v) is 7.34. The van der Waals surface area contributed by atoms with Gasteiger partial charge in [0.25, 0.3) is 0 Å². The van der Waals surface area contributed by atoms with E-state index < -0.39 is 10.8 Å². The van der Waals surface area contributed by atoms with Gasteiger partial charge in [-0.3, -0.25) is 14.6 Å². The van der Waals surface area contributed by atoms with E-state index in [0.29, 0.717) is 18.7 Å². The Morgan fingerprint density at radius 3 is 2.78 bits per heavy atom. The fraction of sp³-hybridized carbons (Fsp3) is 0.476. The molecule has 1 saturated carbocycles. The van der Waals surface area contributed by atoms with Gasteiger partial charge in [0.05, 0.1) is 0 Å². The molecule has 0 atom stereocenters. The summed E-state index contributed by atoms with van der Waals surface area (Å²) >= 11 is 0. The van der Waals surface area contributed by atoms with Crippen LogP contribution in [-0.4, -0.2) is 22.5 Å². The Hall–Kier alpha value is -2.63. The van der Waals surface area contributed by atoms with Crippen LogP contribution in [0.15, 0.2) is 39.7 Å². The molecule has 6 heteroatoms. The number of carbonyl (C=O) groups is 1. The van der Waals surface area contributed by atoms with E-state index in [1.54, 1.807) is 13.1 Å². The molecule has 1 aliphatic rings. The smallest absolute Gasteiger partial charge is 0.227 e. The van der Waals surface area contributed by atoms with Crippen LogP contribution in [0.2, 0.25) is 0 Å². The average molecular weight is 370 g/mol. The number of aryl methyl sites for hydroxylation is 1. The molecule has 1 aliphatic carbocycles. The number of hydrogen-bond acceptors (Lipinski definition) is 5. The molecule has 2 N–H and O–H groups in total. The van der Waals surface area contributed by atoms with Crippen LogP contribution in [0.25, 0.3) is 0 Å². The second kappa shape index (κ2) is 8.37. The number of nitrogens with zero attached hydrogens (tertiary/aromatic N) is 1. The van der Waals surface area contributed by atoms with Crippen LogP contribution in [-0.2, 0) is 16.6 Å². The lowest BCUT2D eigenvalue weighted by Crippen LogP contribution is -2.38. The predicted molar refractivity (Wildman–Crippen MR) is 102 cm³/mol. The van der Waals surface area contributed by atoms with Gasteiger partial charge in [0.2, 0.25) is 17.1 Å². The molecule has 0 bridgehead atoms. The van der Waals surface area contributed by atoms with Gasteiger partial charge in [-0.25, -0.2) is 0 Å². The van der Waals surface area contributed by atoms with Crippen molar-refractivity contribution in [3.05, 3.63) is 57.9 Å². The standard InChI is InChI=1S/C21H26N2O4/c1-15-13-17(24)19(26)20(27-15)21(9-4-2-5-10-21)14-18(25)23-12-8-16-7-3-6-11-22-16/h3,6-7,11,13,26H,2,4-5,8-10,12,14H2,1H3,(H,23,25). The average Bonchev–Trinajstić information content (AvgIpc) is 2.66. The molecule has 0 saturated heterocycles. The van der Waals surface area contributed by atoms with Crippen molar-refractivity contribution >= 4 is 5.91 Å². The highest BCUT2D eigenvalue weighted by Gasteiger charge is 2.41. The van der Waals surface area contributed by atoms with Crippen molar-refractivity contribution < 1.29 is 14.3 Å². The Balaban J connectivity index is 1.73. The minimum atomic E-state index is -0.622. The molecule has 0 aliphatic heterocycles. The van der Waals surface area contributed by atoms with E-state index in [1.807, 2.05) is 18.2 Å². The van der Waals surface area contributed by atoms with Gasteiger partial charge in [-0.1, -0.05) is 25.3 Å². The first-order valence-electron chi connectivity index (χ1n) is 9.51. The molecule has 2 heterocycles. The van der Waals surface area contributed by atoms with E-state index in [1.165, 1.54) is 6.07 Å². The Labute approximate surface area is 158 Å². The summed E-state index contributed by atoms with van der Waals surface area (Å²) in [7, 11) is 0. The number of carbonyl (C=O) groups excluding carboxylic acids is 1. The largest absolute Gasteiger partial charge is 0.502 e. The van der Waals surface area contributed by atoms with E-state index in [4.69, 9.17) is 4.42 Å². The topological polar surface area (TPSA) is 92.4 Å². The van der Waals surface area contributed by atoms with Crippen molar-refractivity contribution in [3.8, 4) is 5.75 Å². The van der Waals surface area contributed by atoms with Crippen LogP contribution in [0.3, 0.4) is 0 Å². The number of amides is 1. The summed E-state index contributed by atoms with van der Waals surface area (Å²) in [6.45, 7) is 2.18. The molecular weight excluding hydrogens is 344 g/mol. The molecule has 2 aromatic rings. The van der Waals surface area contributed by atoms with Crippen LogP contribution in [0, 0.1) is 6.92 Å². The summed E-state index contributed by atoms with van der Waals surface area (Å²) < 4.78 is 5.77. The zero-order valence-electron chi connectivity index (χ0n) is 15.7. The molecule has 6 nitrogen and oxygen atoms in total. The zero-order valence-corrected chi connectivity index (χ0v) is 15.7. The fourth-order valence-corrected chi connectivity index (χ4v) is 3.92. The summed E-state index contributed by atoms with van der Waals surface area (Å²) in [5.74, 6) is 0.264. The lowest BCUT2D eigenvalue weighted by molar-refractivity contribution is -0.122. The first-order chi connectivity index (χ1) is 13.0. The second-order valence-electron chi connectivity index (χ2n) is 7.34. The molecule has 1 amide bonds. The van der Waals surface area contributed by atoms with E-state index in [-0.39, 0.29) is 23.8 Å². The number of rotatable bonds is 6. The number of nitrogens with one attached hydrogen (secondary N) is 1. The molecule has 144 valence electrons. The first-order valence-corrected chi connectivity index (χ1v) is 9.51. The summed E-state index contributed by atoms with van der Waals surface area (Å²) in [5.41, 5.74) is -0.149. The van der Waals surface area contributed by atoms with Crippen LogP contribution in [0.5, 0.6) is 5.75 Å². The van der Waals surface area contributed by atoms with Gasteiger partial charge < -0.3 is 14.8 Å². The third kappa shape index (κ3) is 4.56. The van der Waals surface area contributed by atoms with Crippen molar-refractivity contribution in [3.63, 3.8) is 0 Å². The monoisotopic (exact) mass is 370 g/mol. The predicted octanol–water partition coefficient (Wildman–Crippen LogP) is 3.00. The SMILES string of the molecule is Cc1cc(=O)c(O)c(C2(CC(=O)NCCc3ccccn3)CCCCC2)o1. The molecule has 2 aromatic heterocycles. The molecule has 0 radical (unpaired) electrons. The van der Waals surface area contributed by atoms with Crippen LogP contribution in [0.4, 0.5) is 0 Å². The van der Waals surface area contributed by atoms with Crippen molar-refractivity contribution in [1.82, 2.24) is 10.3 Å². The van der Waals surface area contributed by atoms with Gasteiger partial charge >= 0.3 is 0 Å². The highest BCUT2D eigenvalue weighted by molar-refractivity contribution is 5.77. The minimum absolute atomic E-state index is 0.101. The molecule has 1 fully saturated rings. The summed E-state index contributed by atoms with van der Waals surface area (Å²) in [6, 6.07) is 6.98.